The molecule has 5 heteroatoms. The monoisotopic (exact) mass is 550 g/mol. The maximum Gasteiger partial charge on any atom is 0.153 e. The number of aromatic nitrogens is 4. The molecule has 0 aliphatic carbocycles. The molecule has 0 amide bonds. The van der Waals surface area contributed by atoms with Crippen LogP contribution in [-0.4, -0.2) is 19.5 Å². The highest BCUT2D eigenvalue weighted by molar-refractivity contribution is 6.09. The number of rotatable bonds is 4. The number of nitrogens with zero attached hydrogens (tertiary/aromatic N) is 4. The first kappa shape index (κ1) is 26.1. The van der Waals surface area contributed by atoms with Gasteiger partial charge in [-0.15, -0.1) is 0 Å². The molecule has 0 N–H and O–H groups in total. The minimum atomic E-state index is -0.131. The lowest BCUT2D eigenvalue weighted by atomic mass is 9.83. The van der Waals surface area contributed by atoms with E-state index >= 15 is 0 Å². The van der Waals surface area contributed by atoms with Gasteiger partial charge in [-0.05, 0) is 76.9 Å². The highest BCUT2D eigenvalue weighted by Gasteiger charge is 2.26. The Morgan fingerprint density at radius 2 is 1.64 bits per heavy atom. The molecule has 0 fully saturated rings. The summed E-state index contributed by atoms with van der Waals surface area (Å²) in [5.74, 6) is 1.12. The summed E-state index contributed by atoms with van der Waals surface area (Å²) in [5.41, 5.74) is 12.0. The average molecular weight is 551 g/mol. The number of furan rings is 1. The van der Waals surface area contributed by atoms with Crippen LogP contribution >= 0.6 is 0 Å². The molecule has 4 aromatic heterocycles. The first-order valence-electron chi connectivity index (χ1n) is 14.6. The van der Waals surface area contributed by atoms with Gasteiger partial charge in [-0.25, -0.2) is 4.98 Å². The van der Waals surface area contributed by atoms with Gasteiger partial charge in [0.15, 0.2) is 5.58 Å². The average Bonchev–Trinajstić information content (AvgIpc) is 3.56. The van der Waals surface area contributed by atoms with Gasteiger partial charge in [0.2, 0.25) is 0 Å². The van der Waals surface area contributed by atoms with Crippen molar-refractivity contribution in [1.82, 2.24) is 19.5 Å². The summed E-state index contributed by atoms with van der Waals surface area (Å²) in [6.07, 6.45) is 3.73. The fraction of sp³-hybridized carbons (Fsp3) is 0.216. The van der Waals surface area contributed by atoms with Crippen molar-refractivity contribution < 1.29 is 4.42 Å². The van der Waals surface area contributed by atoms with Gasteiger partial charge in [0, 0.05) is 11.9 Å². The van der Waals surface area contributed by atoms with Crippen LogP contribution in [0.5, 0.6) is 0 Å². The van der Waals surface area contributed by atoms with E-state index in [-0.39, 0.29) is 11.3 Å². The predicted molar refractivity (Wildman–Crippen MR) is 172 cm³/mol. The van der Waals surface area contributed by atoms with E-state index in [9.17, 15) is 0 Å². The molecule has 7 rings (SSSR count). The Hall–Kier alpha value is -4.77. The largest absolute Gasteiger partial charge is 0.454 e. The first-order chi connectivity index (χ1) is 20.2. The molecule has 0 bridgehead atoms. The molecule has 7 aromatic rings. The van der Waals surface area contributed by atoms with Crippen molar-refractivity contribution in [2.75, 3.05) is 0 Å². The van der Waals surface area contributed by atoms with Gasteiger partial charge in [0.25, 0.3) is 0 Å². The fourth-order valence-corrected chi connectivity index (χ4v) is 5.91. The lowest BCUT2D eigenvalue weighted by Crippen LogP contribution is -2.16. The third-order valence-electron chi connectivity index (χ3n) is 8.13. The molecule has 208 valence electrons. The first-order valence-corrected chi connectivity index (χ1v) is 14.6. The summed E-state index contributed by atoms with van der Waals surface area (Å²) in [5, 5.41) is 1.03. The zero-order valence-electron chi connectivity index (χ0n) is 24.9. The second kappa shape index (κ2) is 9.66. The van der Waals surface area contributed by atoms with E-state index in [0.29, 0.717) is 0 Å². The van der Waals surface area contributed by atoms with Crippen LogP contribution in [0.25, 0.3) is 61.3 Å². The number of benzene rings is 3. The van der Waals surface area contributed by atoms with Crippen LogP contribution in [0.1, 0.15) is 57.4 Å². The highest BCUT2D eigenvalue weighted by Crippen LogP contribution is 2.41. The van der Waals surface area contributed by atoms with Gasteiger partial charge in [0.05, 0.1) is 28.4 Å². The Bertz CT molecular complexity index is 2110. The van der Waals surface area contributed by atoms with Gasteiger partial charge in [-0.2, -0.15) is 0 Å². The molecule has 0 spiro atoms. The van der Waals surface area contributed by atoms with Crippen LogP contribution in [0.15, 0.2) is 95.7 Å². The highest BCUT2D eigenvalue weighted by atomic mass is 16.3. The number of hydrogen-bond donors (Lipinski definition) is 0. The maximum absolute atomic E-state index is 6.51. The molecule has 0 aliphatic heterocycles. The van der Waals surface area contributed by atoms with Crippen molar-refractivity contribution in [3.05, 3.63) is 108 Å². The third-order valence-corrected chi connectivity index (χ3v) is 8.13. The summed E-state index contributed by atoms with van der Waals surface area (Å²) in [6.45, 7) is 13.3. The molecule has 3 aromatic carbocycles. The zero-order valence-corrected chi connectivity index (χ0v) is 24.9. The van der Waals surface area contributed by atoms with E-state index in [1.165, 1.54) is 16.7 Å². The van der Waals surface area contributed by atoms with E-state index in [1.807, 2.05) is 24.5 Å². The van der Waals surface area contributed by atoms with Crippen LogP contribution in [0.2, 0.25) is 0 Å². The lowest BCUT2D eigenvalue weighted by Gasteiger charge is -2.25. The number of hydrogen-bond acceptors (Lipinski definition) is 4. The summed E-state index contributed by atoms with van der Waals surface area (Å²) in [4.78, 5) is 14.7. The Morgan fingerprint density at radius 1 is 0.833 bits per heavy atom. The Morgan fingerprint density at radius 3 is 2.40 bits per heavy atom. The predicted octanol–water partition coefficient (Wildman–Crippen LogP) is 9.78. The molecule has 0 unspecified atom stereocenters. The van der Waals surface area contributed by atoms with Gasteiger partial charge in [-0.3, -0.25) is 14.5 Å². The van der Waals surface area contributed by atoms with Crippen LogP contribution in [-0.2, 0) is 5.41 Å². The van der Waals surface area contributed by atoms with Crippen molar-refractivity contribution >= 4 is 33.1 Å². The normalized spacial score (nSPS) is 12.3. The van der Waals surface area contributed by atoms with Gasteiger partial charge < -0.3 is 4.42 Å². The summed E-state index contributed by atoms with van der Waals surface area (Å²) in [6, 6.07) is 27.7. The van der Waals surface area contributed by atoms with Crippen molar-refractivity contribution in [3.63, 3.8) is 0 Å². The summed E-state index contributed by atoms with van der Waals surface area (Å²) < 4.78 is 8.82. The Balaban J connectivity index is 1.58. The maximum atomic E-state index is 6.51. The van der Waals surface area contributed by atoms with Crippen molar-refractivity contribution in [1.29, 1.82) is 0 Å². The van der Waals surface area contributed by atoms with E-state index in [4.69, 9.17) is 14.4 Å². The molecular weight excluding hydrogens is 516 g/mol. The second-order valence-corrected chi connectivity index (χ2v) is 12.5. The molecule has 42 heavy (non-hydrogen) atoms. The van der Waals surface area contributed by atoms with Gasteiger partial charge in [-0.1, -0.05) is 77.1 Å². The summed E-state index contributed by atoms with van der Waals surface area (Å²) in [7, 11) is 0. The van der Waals surface area contributed by atoms with Gasteiger partial charge >= 0.3 is 0 Å². The SMILES string of the molecule is Cc1ccc(-c2nc3cnc(C(C)C)cc3n2-c2ccc(-c3ccccc3)cc2C(C)(C)C)c2oc3cccnc3c12. The van der Waals surface area contributed by atoms with Crippen LogP contribution in [0, 0.1) is 6.92 Å². The molecular formula is C37H34N4O. The van der Waals surface area contributed by atoms with E-state index < -0.39 is 0 Å². The van der Waals surface area contributed by atoms with E-state index in [1.54, 1.807) is 0 Å². The van der Waals surface area contributed by atoms with Crippen LogP contribution in [0.3, 0.4) is 0 Å². The minimum absolute atomic E-state index is 0.131. The molecule has 0 saturated carbocycles. The number of aryl methyl sites for hydroxylation is 1. The Labute approximate surface area is 245 Å². The quantitative estimate of drug-likeness (QED) is 0.219. The molecule has 4 heterocycles. The van der Waals surface area contributed by atoms with E-state index in [0.717, 1.165) is 61.4 Å². The zero-order chi connectivity index (χ0) is 29.2. The van der Waals surface area contributed by atoms with E-state index in [2.05, 4.69) is 118 Å². The minimum Gasteiger partial charge on any atom is -0.454 e. The topological polar surface area (TPSA) is 56.7 Å². The number of imidazole rings is 1. The lowest BCUT2D eigenvalue weighted by molar-refractivity contribution is 0.587. The number of pyridine rings is 2. The number of fused-ring (bicyclic) bond motifs is 4. The molecule has 0 aliphatic rings. The van der Waals surface area contributed by atoms with Crippen LogP contribution < -0.4 is 0 Å². The Kier molecular flexibility index (Phi) is 6.01. The smallest absolute Gasteiger partial charge is 0.153 e. The van der Waals surface area contributed by atoms with Gasteiger partial charge in [0.1, 0.15) is 22.4 Å². The summed E-state index contributed by atoms with van der Waals surface area (Å²) >= 11 is 0. The standard InChI is InChI=1S/C37H34N4O/c1-22(2)28-20-31-29(21-39-28)40-36(26-16-14-23(3)33-34-32(42-35(26)33)13-10-18-38-34)41(31)30-17-15-25(19-27(30)37(4,5)6)24-11-8-7-9-12-24/h7-22H,1-6H3. The van der Waals surface area contributed by atoms with Crippen LogP contribution in [0.4, 0.5) is 0 Å². The molecule has 5 nitrogen and oxygen atoms in total. The fourth-order valence-electron chi connectivity index (χ4n) is 5.91. The van der Waals surface area contributed by atoms with Crippen molar-refractivity contribution in [2.24, 2.45) is 0 Å². The molecule has 0 saturated heterocycles. The van der Waals surface area contributed by atoms with Crippen molar-refractivity contribution in [2.45, 2.75) is 52.9 Å². The second-order valence-electron chi connectivity index (χ2n) is 12.5. The van der Waals surface area contributed by atoms with Crippen molar-refractivity contribution in [3.8, 4) is 28.2 Å². The third kappa shape index (κ3) is 4.19. The molecule has 0 radical (unpaired) electrons. The molecule has 0 atom stereocenters.